The van der Waals surface area contributed by atoms with E-state index in [4.69, 9.17) is 0 Å². The van der Waals surface area contributed by atoms with Gasteiger partial charge in [0.05, 0.1) is 11.0 Å². The standard InChI is InChI=1S/C12H15N3O4/c1-8-3-2-6-14(11(8)12(16)17)10-7-9(15(18)19)4-5-13-10/h4-5,7-8,11H,2-3,6H2,1H3,(H,16,17). The molecule has 102 valence electrons. The first-order chi connectivity index (χ1) is 9.00. The van der Waals surface area contributed by atoms with Gasteiger partial charge in [0.2, 0.25) is 0 Å². The van der Waals surface area contributed by atoms with Gasteiger partial charge in [-0.2, -0.15) is 0 Å². The number of nitrogens with zero attached hydrogens (tertiary/aromatic N) is 3. The van der Waals surface area contributed by atoms with E-state index in [1.165, 1.54) is 18.3 Å². The van der Waals surface area contributed by atoms with E-state index in [-0.39, 0.29) is 11.6 Å². The van der Waals surface area contributed by atoms with Crippen LogP contribution in [0.3, 0.4) is 0 Å². The lowest BCUT2D eigenvalue weighted by Crippen LogP contribution is -2.49. The van der Waals surface area contributed by atoms with E-state index in [1.807, 2.05) is 6.92 Å². The molecule has 0 spiro atoms. The van der Waals surface area contributed by atoms with Crippen LogP contribution in [0.2, 0.25) is 0 Å². The zero-order valence-electron chi connectivity index (χ0n) is 10.5. The maximum absolute atomic E-state index is 11.4. The summed E-state index contributed by atoms with van der Waals surface area (Å²) in [4.78, 5) is 27.3. The first-order valence-electron chi connectivity index (χ1n) is 6.10. The fourth-order valence-electron chi connectivity index (χ4n) is 2.50. The molecule has 0 bridgehead atoms. The van der Waals surface area contributed by atoms with Gasteiger partial charge in [-0.1, -0.05) is 6.92 Å². The van der Waals surface area contributed by atoms with Gasteiger partial charge in [-0.15, -0.1) is 0 Å². The fourth-order valence-corrected chi connectivity index (χ4v) is 2.50. The Morgan fingerprint density at radius 2 is 2.37 bits per heavy atom. The van der Waals surface area contributed by atoms with E-state index in [1.54, 1.807) is 4.90 Å². The monoisotopic (exact) mass is 265 g/mol. The summed E-state index contributed by atoms with van der Waals surface area (Å²) in [6, 6.07) is 1.95. The molecule has 1 aromatic heterocycles. The number of nitro groups is 1. The molecule has 1 N–H and O–H groups in total. The third kappa shape index (κ3) is 2.64. The van der Waals surface area contributed by atoms with Crippen LogP contribution < -0.4 is 4.90 Å². The van der Waals surface area contributed by atoms with Crippen molar-refractivity contribution in [1.82, 2.24) is 4.98 Å². The zero-order valence-corrected chi connectivity index (χ0v) is 10.5. The van der Waals surface area contributed by atoms with Crippen molar-refractivity contribution in [3.63, 3.8) is 0 Å². The lowest BCUT2D eigenvalue weighted by molar-refractivity contribution is -0.384. The largest absolute Gasteiger partial charge is 0.480 e. The Morgan fingerprint density at radius 1 is 1.63 bits per heavy atom. The van der Waals surface area contributed by atoms with Gasteiger partial charge in [0.15, 0.2) is 0 Å². The summed E-state index contributed by atoms with van der Waals surface area (Å²) in [5, 5.41) is 20.1. The number of hydrogen-bond acceptors (Lipinski definition) is 5. The third-order valence-corrected chi connectivity index (χ3v) is 3.42. The summed E-state index contributed by atoms with van der Waals surface area (Å²) in [5.74, 6) is -0.569. The Hall–Kier alpha value is -2.18. The molecule has 2 heterocycles. The summed E-state index contributed by atoms with van der Waals surface area (Å²) in [5.41, 5.74) is -0.0765. The van der Waals surface area contributed by atoms with Crippen LogP contribution in [0.25, 0.3) is 0 Å². The Labute approximate surface area is 110 Å². The smallest absolute Gasteiger partial charge is 0.326 e. The first kappa shape index (κ1) is 13.3. The Balaban J connectivity index is 2.35. The van der Waals surface area contributed by atoms with Crippen molar-refractivity contribution in [3.05, 3.63) is 28.4 Å². The molecule has 1 aliphatic rings. The highest BCUT2D eigenvalue weighted by Gasteiger charge is 2.35. The molecule has 2 atom stereocenters. The minimum Gasteiger partial charge on any atom is -0.480 e. The van der Waals surface area contributed by atoms with E-state index in [0.29, 0.717) is 12.4 Å². The van der Waals surface area contributed by atoms with Crippen molar-refractivity contribution in [2.45, 2.75) is 25.8 Å². The number of aliphatic carboxylic acids is 1. The van der Waals surface area contributed by atoms with Gasteiger partial charge in [0, 0.05) is 18.8 Å². The van der Waals surface area contributed by atoms with Crippen molar-refractivity contribution in [1.29, 1.82) is 0 Å². The number of rotatable bonds is 3. The second kappa shape index (κ2) is 5.21. The molecule has 19 heavy (non-hydrogen) atoms. The van der Waals surface area contributed by atoms with Crippen LogP contribution in [0, 0.1) is 16.0 Å². The van der Waals surface area contributed by atoms with E-state index in [2.05, 4.69) is 4.98 Å². The Bertz CT molecular complexity index is 506. The highest BCUT2D eigenvalue weighted by Crippen LogP contribution is 2.29. The fraction of sp³-hybridized carbons (Fsp3) is 0.500. The number of anilines is 1. The number of aromatic nitrogens is 1. The lowest BCUT2D eigenvalue weighted by Gasteiger charge is -2.37. The molecule has 1 fully saturated rings. The number of carboxylic acid groups (broad SMARTS) is 1. The summed E-state index contributed by atoms with van der Waals surface area (Å²) in [7, 11) is 0. The van der Waals surface area contributed by atoms with Crippen LogP contribution in [0.4, 0.5) is 11.5 Å². The average molecular weight is 265 g/mol. The molecule has 2 rings (SSSR count). The molecule has 7 nitrogen and oxygen atoms in total. The predicted molar refractivity (Wildman–Crippen MR) is 68.1 cm³/mol. The van der Waals surface area contributed by atoms with Gasteiger partial charge in [-0.25, -0.2) is 9.78 Å². The molecular formula is C12H15N3O4. The molecular weight excluding hydrogens is 250 g/mol. The van der Waals surface area contributed by atoms with Gasteiger partial charge >= 0.3 is 5.97 Å². The van der Waals surface area contributed by atoms with Gasteiger partial charge < -0.3 is 10.0 Å². The van der Waals surface area contributed by atoms with Crippen molar-refractivity contribution < 1.29 is 14.8 Å². The van der Waals surface area contributed by atoms with Gasteiger partial charge in [0.25, 0.3) is 5.69 Å². The number of piperidine rings is 1. The second-order valence-corrected chi connectivity index (χ2v) is 4.73. The van der Waals surface area contributed by atoms with Crippen molar-refractivity contribution in [2.75, 3.05) is 11.4 Å². The molecule has 7 heteroatoms. The zero-order chi connectivity index (χ0) is 14.0. The maximum Gasteiger partial charge on any atom is 0.326 e. The quantitative estimate of drug-likeness (QED) is 0.659. The predicted octanol–water partition coefficient (Wildman–Crippen LogP) is 1.68. The van der Waals surface area contributed by atoms with E-state index < -0.39 is 16.9 Å². The molecule has 0 radical (unpaired) electrons. The van der Waals surface area contributed by atoms with E-state index in [0.717, 1.165) is 12.8 Å². The topological polar surface area (TPSA) is 96.6 Å². The molecule has 0 amide bonds. The van der Waals surface area contributed by atoms with Gasteiger partial charge in [0.1, 0.15) is 11.9 Å². The average Bonchev–Trinajstić information content (AvgIpc) is 2.38. The second-order valence-electron chi connectivity index (χ2n) is 4.73. The summed E-state index contributed by atoms with van der Waals surface area (Å²) in [6.45, 7) is 2.43. The molecule has 2 unspecified atom stereocenters. The van der Waals surface area contributed by atoms with E-state index >= 15 is 0 Å². The Kier molecular flexibility index (Phi) is 3.64. The van der Waals surface area contributed by atoms with Crippen LogP contribution in [0.5, 0.6) is 0 Å². The lowest BCUT2D eigenvalue weighted by atomic mass is 9.91. The minimum atomic E-state index is -0.916. The highest BCUT2D eigenvalue weighted by molar-refractivity contribution is 5.78. The molecule has 0 aromatic carbocycles. The molecule has 1 aliphatic heterocycles. The van der Waals surface area contributed by atoms with Crippen LogP contribution >= 0.6 is 0 Å². The van der Waals surface area contributed by atoms with Gasteiger partial charge in [-0.3, -0.25) is 10.1 Å². The van der Waals surface area contributed by atoms with Crippen molar-refractivity contribution in [2.24, 2.45) is 5.92 Å². The molecule has 1 aromatic rings. The summed E-state index contributed by atoms with van der Waals surface area (Å²) >= 11 is 0. The summed E-state index contributed by atoms with van der Waals surface area (Å²) in [6.07, 6.45) is 3.03. The normalized spacial score (nSPS) is 23.1. The molecule has 1 saturated heterocycles. The van der Waals surface area contributed by atoms with E-state index in [9.17, 15) is 20.0 Å². The van der Waals surface area contributed by atoms with Crippen molar-refractivity contribution >= 4 is 17.5 Å². The van der Waals surface area contributed by atoms with Crippen LogP contribution in [0.1, 0.15) is 19.8 Å². The molecule has 0 aliphatic carbocycles. The number of carboxylic acids is 1. The first-order valence-corrected chi connectivity index (χ1v) is 6.10. The number of pyridine rings is 1. The van der Waals surface area contributed by atoms with Crippen LogP contribution in [-0.4, -0.2) is 33.6 Å². The minimum absolute atomic E-state index is 0.00712. The highest BCUT2D eigenvalue weighted by atomic mass is 16.6. The van der Waals surface area contributed by atoms with Crippen LogP contribution in [-0.2, 0) is 4.79 Å². The summed E-state index contributed by atoms with van der Waals surface area (Å²) < 4.78 is 0. The molecule has 0 saturated carbocycles. The number of hydrogen-bond donors (Lipinski definition) is 1. The van der Waals surface area contributed by atoms with Gasteiger partial charge in [-0.05, 0) is 18.8 Å². The SMILES string of the molecule is CC1CCCN(c2cc([N+](=O)[O-])ccn2)C1C(=O)O. The Morgan fingerprint density at radius 3 is 3.00 bits per heavy atom. The maximum atomic E-state index is 11.4. The van der Waals surface area contributed by atoms with Crippen LogP contribution in [0.15, 0.2) is 18.3 Å². The third-order valence-electron chi connectivity index (χ3n) is 3.42. The number of carbonyl (C=O) groups is 1. The van der Waals surface area contributed by atoms with Crippen molar-refractivity contribution in [3.8, 4) is 0 Å².